The van der Waals surface area contributed by atoms with Crippen molar-refractivity contribution in [1.82, 2.24) is 4.98 Å². The average molecular weight is 208 g/mol. The molecular formula is C6H3F3N2O3. The molecule has 5 nitrogen and oxygen atoms in total. The number of hydrogen-bond acceptors (Lipinski definition) is 4. The van der Waals surface area contributed by atoms with Crippen molar-refractivity contribution in [3.8, 4) is 5.75 Å². The van der Waals surface area contributed by atoms with Gasteiger partial charge in [-0.1, -0.05) is 0 Å². The minimum absolute atomic E-state index is 0.818. The molecule has 76 valence electrons. The van der Waals surface area contributed by atoms with E-state index < -0.39 is 22.9 Å². The first-order valence-electron chi connectivity index (χ1n) is 3.25. The first kappa shape index (κ1) is 10.2. The highest BCUT2D eigenvalue weighted by molar-refractivity contribution is 5.38. The Morgan fingerprint density at radius 1 is 1.50 bits per heavy atom. The molecule has 0 aliphatic rings. The Hall–Kier alpha value is -1.86. The fourth-order valence-electron chi connectivity index (χ4n) is 0.724. The third-order valence-electron chi connectivity index (χ3n) is 1.15. The molecule has 1 heterocycles. The summed E-state index contributed by atoms with van der Waals surface area (Å²) in [6.45, 7) is 0. The molecule has 0 aliphatic heterocycles. The van der Waals surface area contributed by atoms with E-state index in [0.29, 0.717) is 0 Å². The summed E-state index contributed by atoms with van der Waals surface area (Å²) < 4.78 is 38.5. The standard InChI is InChI=1S/C6H3F3N2O3/c7-6(8,9)14-4-2-1-3-10-5(4)11(12)13/h1-3H. The second kappa shape index (κ2) is 3.48. The summed E-state index contributed by atoms with van der Waals surface area (Å²) in [6.07, 6.45) is -3.96. The zero-order valence-electron chi connectivity index (χ0n) is 6.49. The van der Waals surface area contributed by atoms with Crippen molar-refractivity contribution in [2.45, 2.75) is 6.36 Å². The molecule has 0 amide bonds. The fourth-order valence-corrected chi connectivity index (χ4v) is 0.724. The largest absolute Gasteiger partial charge is 0.573 e. The number of rotatable bonds is 2. The van der Waals surface area contributed by atoms with Gasteiger partial charge in [0.25, 0.3) is 0 Å². The van der Waals surface area contributed by atoms with Crippen molar-refractivity contribution in [3.63, 3.8) is 0 Å². The van der Waals surface area contributed by atoms with Gasteiger partial charge in [0.05, 0.1) is 0 Å². The quantitative estimate of drug-likeness (QED) is 0.549. The van der Waals surface area contributed by atoms with Crippen molar-refractivity contribution in [3.05, 3.63) is 28.4 Å². The van der Waals surface area contributed by atoms with E-state index in [2.05, 4.69) is 9.72 Å². The van der Waals surface area contributed by atoms with Crippen LogP contribution in [0.3, 0.4) is 0 Å². The van der Waals surface area contributed by atoms with Crippen LogP contribution in [-0.4, -0.2) is 16.3 Å². The van der Waals surface area contributed by atoms with Crippen LogP contribution >= 0.6 is 0 Å². The van der Waals surface area contributed by atoms with E-state index in [1.54, 1.807) is 0 Å². The van der Waals surface area contributed by atoms with Gasteiger partial charge < -0.3 is 14.9 Å². The summed E-state index contributed by atoms with van der Waals surface area (Å²) in [5.41, 5.74) is 0. The lowest BCUT2D eigenvalue weighted by molar-refractivity contribution is -0.393. The highest BCUT2D eigenvalue weighted by Gasteiger charge is 2.34. The van der Waals surface area contributed by atoms with Gasteiger partial charge in [0.1, 0.15) is 6.20 Å². The molecule has 0 aromatic carbocycles. The zero-order valence-corrected chi connectivity index (χ0v) is 6.49. The lowest BCUT2D eigenvalue weighted by Crippen LogP contribution is -2.18. The van der Waals surface area contributed by atoms with Crippen molar-refractivity contribution in [2.75, 3.05) is 0 Å². The van der Waals surface area contributed by atoms with Crippen molar-refractivity contribution < 1.29 is 22.8 Å². The number of aromatic nitrogens is 1. The third-order valence-corrected chi connectivity index (χ3v) is 1.15. The number of alkyl halides is 3. The number of nitrogens with zero attached hydrogens (tertiary/aromatic N) is 2. The average Bonchev–Trinajstić information content (AvgIpc) is 2.01. The predicted octanol–water partition coefficient (Wildman–Crippen LogP) is 1.89. The second-order valence-electron chi connectivity index (χ2n) is 2.13. The van der Waals surface area contributed by atoms with Gasteiger partial charge in [0.15, 0.2) is 0 Å². The first-order valence-corrected chi connectivity index (χ1v) is 3.25. The number of ether oxygens (including phenoxy) is 1. The third kappa shape index (κ3) is 2.57. The smallest absolute Gasteiger partial charge is 0.397 e. The Labute approximate surface area is 75.3 Å². The van der Waals surface area contributed by atoms with Crippen molar-refractivity contribution >= 4 is 5.82 Å². The molecule has 0 spiro atoms. The van der Waals surface area contributed by atoms with E-state index >= 15 is 0 Å². The SMILES string of the molecule is O=[N+]([O-])c1ncccc1OC(F)(F)F. The summed E-state index contributed by atoms with van der Waals surface area (Å²) in [5.74, 6) is -1.89. The molecule has 14 heavy (non-hydrogen) atoms. The summed E-state index contributed by atoms with van der Waals surface area (Å²) >= 11 is 0. The lowest BCUT2D eigenvalue weighted by Gasteiger charge is -2.07. The molecule has 8 heteroatoms. The normalized spacial score (nSPS) is 11.1. The highest BCUT2D eigenvalue weighted by Crippen LogP contribution is 2.29. The maximum atomic E-state index is 11.7. The maximum absolute atomic E-state index is 11.7. The van der Waals surface area contributed by atoms with E-state index in [0.717, 1.165) is 18.3 Å². The molecule has 0 bridgehead atoms. The summed E-state index contributed by atoms with van der Waals surface area (Å²) in [6, 6.07) is 1.92. The van der Waals surface area contributed by atoms with E-state index in [-0.39, 0.29) is 0 Å². The van der Waals surface area contributed by atoms with Gasteiger partial charge in [-0.05, 0) is 22.0 Å². The van der Waals surface area contributed by atoms with Crippen LogP contribution in [0, 0.1) is 10.1 Å². The zero-order chi connectivity index (χ0) is 10.8. The van der Waals surface area contributed by atoms with E-state index in [1.807, 2.05) is 0 Å². The van der Waals surface area contributed by atoms with Crippen molar-refractivity contribution in [1.29, 1.82) is 0 Å². The predicted molar refractivity (Wildman–Crippen MR) is 37.6 cm³/mol. The molecule has 0 saturated carbocycles. The molecule has 1 aromatic rings. The van der Waals surface area contributed by atoms with Crippen LogP contribution in [0.4, 0.5) is 19.0 Å². The molecule has 0 N–H and O–H groups in total. The van der Waals surface area contributed by atoms with Crippen LogP contribution in [0.1, 0.15) is 0 Å². The van der Waals surface area contributed by atoms with Gasteiger partial charge in [-0.25, -0.2) is 0 Å². The van der Waals surface area contributed by atoms with Crippen LogP contribution in [0.15, 0.2) is 18.3 Å². The molecule has 1 aromatic heterocycles. The van der Waals surface area contributed by atoms with Crippen LogP contribution in [0.5, 0.6) is 5.75 Å². The van der Waals surface area contributed by atoms with E-state index in [9.17, 15) is 23.3 Å². The lowest BCUT2D eigenvalue weighted by atomic mass is 10.4. The molecule has 1 rings (SSSR count). The molecule has 0 atom stereocenters. The maximum Gasteiger partial charge on any atom is 0.573 e. The highest BCUT2D eigenvalue weighted by atomic mass is 19.4. The Bertz CT molecular complexity index is 352. The van der Waals surface area contributed by atoms with Crippen LogP contribution in [-0.2, 0) is 0 Å². The number of pyridine rings is 1. The number of nitro groups is 1. The van der Waals surface area contributed by atoms with Gasteiger partial charge >= 0.3 is 12.2 Å². The molecule has 0 aliphatic carbocycles. The van der Waals surface area contributed by atoms with E-state index in [4.69, 9.17) is 0 Å². The van der Waals surface area contributed by atoms with Crippen LogP contribution in [0.25, 0.3) is 0 Å². The molecule has 0 radical (unpaired) electrons. The van der Waals surface area contributed by atoms with Gasteiger partial charge in [-0.3, -0.25) is 0 Å². The van der Waals surface area contributed by atoms with Crippen LogP contribution < -0.4 is 4.74 Å². The summed E-state index contributed by atoms with van der Waals surface area (Å²) in [7, 11) is 0. The summed E-state index contributed by atoms with van der Waals surface area (Å²) in [5, 5.41) is 10.2. The minimum atomic E-state index is -4.96. The first-order chi connectivity index (χ1) is 6.40. The van der Waals surface area contributed by atoms with E-state index in [1.165, 1.54) is 0 Å². The Morgan fingerprint density at radius 2 is 2.14 bits per heavy atom. The Balaban J connectivity index is 3.02. The van der Waals surface area contributed by atoms with Crippen LogP contribution in [0.2, 0.25) is 0 Å². The van der Waals surface area contributed by atoms with Gasteiger partial charge in [0, 0.05) is 0 Å². The van der Waals surface area contributed by atoms with Crippen molar-refractivity contribution in [2.24, 2.45) is 0 Å². The van der Waals surface area contributed by atoms with Gasteiger partial charge in [-0.2, -0.15) is 0 Å². The second-order valence-corrected chi connectivity index (χ2v) is 2.13. The Morgan fingerprint density at radius 3 is 2.64 bits per heavy atom. The van der Waals surface area contributed by atoms with Gasteiger partial charge in [0.2, 0.25) is 5.75 Å². The molecular weight excluding hydrogens is 205 g/mol. The topological polar surface area (TPSA) is 65.3 Å². The summed E-state index contributed by atoms with van der Waals surface area (Å²) in [4.78, 5) is 12.3. The molecule has 0 saturated heterocycles. The number of hydrogen-bond donors (Lipinski definition) is 0. The monoisotopic (exact) mass is 208 g/mol. The minimum Gasteiger partial charge on any atom is -0.397 e. The molecule has 0 fully saturated rings. The Kier molecular flexibility index (Phi) is 2.54. The molecule has 0 unspecified atom stereocenters. The number of halogens is 3. The fraction of sp³-hybridized carbons (Fsp3) is 0.167. The van der Waals surface area contributed by atoms with Gasteiger partial charge in [-0.15, -0.1) is 13.2 Å².